The van der Waals surface area contributed by atoms with Gasteiger partial charge in [0, 0.05) is 35.1 Å². The third kappa shape index (κ3) is 4.22. The molecule has 1 aromatic carbocycles. The zero-order valence-electron chi connectivity index (χ0n) is 15.3. The fourth-order valence-corrected chi connectivity index (χ4v) is 4.65. The van der Waals surface area contributed by atoms with E-state index in [0.717, 1.165) is 30.4 Å². The fraction of sp³-hybridized carbons (Fsp3) is 0.286. The highest BCUT2D eigenvalue weighted by atomic mass is 35.5. The Bertz CT molecular complexity index is 971. The van der Waals surface area contributed by atoms with Gasteiger partial charge in [-0.25, -0.2) is 4.98 Å². The summed E-state index contributed by atoms with van der Waals surface area (Å²) in [6.45, 7) is 2.09. The Balaban J connectivity index is 1.57. The summed E-state index contributed by atoms with van der Waals surface area (Å²) in [5, 5.41) is 1.69. The van der Waals surface area contributed by atoms with Crippen LogP contribution in [0.15, 0.2) is 48.8 Å². The van der Waals surface area contributed by atoms with Crippen LogP contribution in [-0.4, -0.2) is 32.9 Å². The average Bonchev–Trinajstić information content (AvgIpc) is 3.44. The van der Waals surface area contributed by atoms with Gasteiger partial charge in [-0.05, 0) is 56.0 Å². The fourth-order valence-electron chi connectivity index (χ4n) is 3.30. The molecular formula is C21H19Cl2N3OS. The van der Waals surface area contributed by atoms with Gasteiger partial charge < -0.3 is 4.90 Å². The molecule has 1 amide bonds. The monoisotopic (exact) mass is 431 g/mol. The van der Waals surface area contributed by atoms with E-state index in [-0.39, 0.29) is 23.1 Å². The summed E-state index contributed by atoms with van der Waals surface area (Å²) in [5.74, 6) is -0.0402. The lowest BCUT2D eigenvalue weighted by atomic mass is 10.1. The highest BCUT2D eigenvalue weighted by Crippen LogP contribution is 2.36. The Morgan fingerprint density at radius 1 is 1.25 bits per heavy atom. The Hall–Kier alpha value is -1.95. The number of nitrogens with zero attached hydrogens (tertiary/aromatic N) is 3. The van der Waals surface area contributed by atoms with Crippen molar-refractivity contribution in [2.24, 2.45) is 0 Å². The molecule has 28 heavy (non-hydrogen) atoms. The molecule has 0 aliphatic heterocycles. The standard InChI is InChI=1S/C21H19Cl2N3OS/c1-13(11-14-4-6-16(22)7-5-14)26(17-8-9-17)21(27)18-19(23)25-20(28-18)15-3-2-10-24-12-15/h2-7,10,12-13,17H,8-9,11H2,1H3. The van der Waals surface area contributed by atoms with Crippen molar-refractivity contribution in [2.75, 3.05) is 0 Å². The summed E-state index contributed by atoms with van der Waals surface area (Å²) in [7, 11) is 0. The first-order chi connectivity index (χ1) is 13.5. The van der Waals surface area contributed by atoms with Gasteiger partial charge in [-0.1, -0.05) is 35.3 Å². The Labute approximate surface area is 178 Å². The Morgan fingerprint density at radius 3 is 2.64 bits per heavy atom. The van der Waals surface area contributed by atoms with Crippen LogP contribution in [0, 0.1) is 0 Å². The number of hydrogen-bond donors (Lipinski definition) is 0. The molecule has 0 N–H and O–H groups in total. The zero-order chi connectivity index (χ0) is 19.7. The third-order valence-electron chi connectivity index (χ3n) is 4.78. The average molecular weight is 432 g/mol. The SMILES string of the molecule is CC(Cc1ccc(Cl)cc1)N(C(=O)c1sc(-c2cccnc2)nc1Cl)C1CC1. The number of thiazole rings is 1. The molecule has 0 radical (unpaired) electrons. The summed E-state index contributed by atoms with van der Waals surface area (Å²) in [6, 6.07) is 11.9. The lowest BCUT2D eigenvalue weighted by molar-refractivity contribution is 0.0680. The smallest absolute Gasteiger partial charge is 0.267 e. The Morgan fingerprint density at radius 2 is 2.00 bits per heavy atom. The lowest BCUT2D eigenvalue weighted by Crippen LogP contribution is -2.41. The molecule has 4 nitrogen and oxygen atoms in total. The van der Waals surface area contributed by atoms with Crippen LogP contribution < -0.4 is 0 Å². The van der Waals surface area contributed by atoms with E-state index >= 15 is 0 Å². The van der Waals surface area contributed by atoms with Crippen LogP contribution in [0.3, 0.4) is 0 Å². The van der Waals surface area contributed by atoms with Crippen molar-refractivity contribution in [2.45, 2.75) is 38.3 Å². The highest BCUT2D eigenvalue weighted by molar-refractivity contribution is 7.17. The van der Waals surface area contributed by atoms with Gasteiger partial charge in [0.05, 0.1) is 0 Å². The van der Waals surface area contributed by atoms with E-state index in [1.165, 1.54) is 11.3 Å². The quantitative estimate of drug-likeness (QED) is 0.499. The molecular weight excluding hydrogens is 413 g/mol. The first-order valence-electron chi connectivity index (χ1n) is 9.16. The molecule has 1 atom stereocenters. The number of amides is 1. The molecule has 2 heterocycles. The van der Waals surface area contributed by atoms with Crippen molar-refractivity contribution in [1.82, 2.24) is 14.9 Å². The molecule has 4 rings (SSSR count). The molecule has 7 heteroatoms. The third-order valence-corrected chi connectivity index (χ3v) is 6.51. The van der Waals surface area contributed by atoms with Crippen LogP contribution in [0.25, 0.3) is 10.6 Å². The number of carbonyl (C=O) groups is 1. The van der Waals surface area contributed by atoms with Gasteiger partial charge in [-0.15, -0.1) is 11.3 Å². The van der Waals surface area contributed by atoms with Crippen LogP contribution in [-0.2, 0) is 6.42 Å². The van der Waals surface area contributed by atoms with Crippen LogP contribution in [0.4, 0.5) is 0 Å². The van der Waals surface area contributed by atoms with Crippen molar-refractivity contribution in [3.05, 3.63) is 69.4 Å². The molecule has 144 valence electrons. The predicted octanol–water partition coefficient (Wildman–Crippen LogP) is 5.75. The summed E-state index contributed by atoms with van der Waals surface area (Å²) < 4.78 is 0. The molecule has 2 aromatic heterocycles. The van der Waals surface area contributed by atoms with Gasteiger partial charge in [0.25, 0.3) is 5.91 Å². The van der Waals surface area contributed by atoms with E-state index in [2.05, 4.69) is 16.9 Å². The summed E-state index contributed by atoms with van der Waals surface area (Å²) >= 11 is 13.7. The van der Waals surface area contributed by atoms with Crippen molar-refractivity contribution in [3.8, 4) is 10.6 Å². The van der Waals surface area contributed by atoms with Crippen molar-refractivity contribution in [1.29, 1.82) is 0 Å². The molecule has 3 aromatic rings. The molecule has 1 saturated carbocycles. The number of pyridine rings is 1. The van der Waals surface area contributed by atoms with Gasteiger partial charge in [-0.3, -0.25) is 9.78 Å². The van der Waals surface area contributed by atoms with Crippen LogP contribution in [0.2, 0.25) is 10.2 Å². The second-order valence-corrected chi connectivity index (χ2v) is 8.80. The number of aromatic nitrogens is 2. The number of benzene rings is 1. The van der Waals surface area contributed by atoms with Gasteiger partial charge in [0.2, 0.25) is 0 Å². The van der Waals surface area contributed by atoms with Crippen molar-refractivity contribution < 1.29 is 4.79 Å². The summed E-state index contributed by atoms with van der Waals surface area (Å²) in [5.41, 5.74) is 2.02. The normalized spacial score (nSPS) is 14.7. The molecule has 1 fully saturated rings. The van der Waals surface area contributed by atoms with E-state index in [4.69, 9.17) is 23.2 Å². The maximum Gasteiger partial charge on any atom is 0.267 e. The van der Waals surface area contributed by atoms with Crippen molar-refractivity contribution >= 4 is 40.4 Å². The molecule has 0 spiro atoms. The number of halogens is 2. The highest BCUT2D eigenvalue weighted by Gasteiger charge is 2.37. The predicted molar refractivity (Wildman–Crippen MR) is 114 cm³/mol. The molecule has 1 aliphatic carbocycles. The topological polar surface area (TPSA) is 46.1 Å². The second kappa shape index (κ2) is 8.19. The minimum Gasteiger partial charge on any atom is -0.332 e. The zero-order valence-corrected chi connectivity index (χ0v) is 17.6. The maximum atomic E-state index is 13.4. The molecule has 0 bridgehead atoms. The molecule has 1 aliphatic rings. The van der Waals surface area contributed by atoms with E-state index < -0.39 is 0 Å². The minimum absolute atomic E-state index is 0.0402. The molecule has 0 saturated heterocycles. The van der Waals surface area contributed by atoms with Gasteiger partial charge in [-0.2, -0.15) is 0 Å². The van der Waals surface area contributed by atoms with Gasteiger partial charge >= 0.3 is 0 Å². The number of hydrogen-bond acceptors (Lipinski definition) is 4. The van der Waals surface area contributed by atoms with Gasteiger partial charge in [0.15, 0.2) is 5.15 Å². The molecule has 1 unspecified atom stereocenters. The van der Waals surface area contributed by atoms with Crippen LogP contribution >= 0.6 is 34.5 Å². The first kappa shape index (κ1) is 19.4. The van der Waals surface area contributed by atoms with Crippen molar-refractivity contribution in [3.63, 3.8) is 0 Å². The second-order valence-electron chi connectivity index (χ2n) is 7.00. The number of carbonyl (C=O) groups excluding carboxylic acids is 1. The van der Waals surface area contributed by atoms with E-state index in [1.807, 2.05) is 41.3 Å². The van der Waals surface area contributed by atoms with Gasteiger partial charge in [0.1, 0.15) is 9.88 Å². The lowest BCUT2D eigenvalue weighted by Gasteiger charge is -2.29. The minimum atomic E-state index is -0.0402. The first-order valence-corrected chi connectivity index (χ1v) is 10.7. The van der Waals surface area contributed by atoms with E-state index in [9.17, 15) is 4.79 Å². The van der Waals surface area contributed by atoms with Crippen LogP contribution in [0.5, 0.6) is 0 Å². The van der Waals surface area contributed by atoms with Crippen LogP contribution in [0.1, 0.15) is 35.0 Å². The Kier molecular flexibility index (Phi) is 5.67. The number of rotatable bonds is 6. The maximum absolute atomic E-state index is 13.4. The summed E-state index contributed by atoms with van der Waals surface area (Å²) in [4.78, 5) is 24.3. The largest absolute Gasteiger partial charge is 0.332 e. The van der Waals surface area contributed by atoms with E-state index in [0.29, 0.717) is 14.9 Å². The van der Waals surface area contributed by atoms with E-state index in [1.54, 1.807) is 12.4 Å². The summed E-state index contributed by atoms with van der Waals surface area (Å²) in [6.07, 6.45) is 6.26.